The molecule has 0 bridgehead atoms. The van der Waals surface area contributed by atoms with Crippen molar-refractivity contribution in [3.8, 4) is 0 Å². The summed E-state index contributed by atoms with van der Waals surface area (Å²) in [5.41, 5.74) is -5.45. The van der Waals surface area contributed by atoms with Crippen LogP contribution < -0.4 is 0 Å². The van der Waals surface area contributed by atoms with Gasteiger partial charge in [-0.15, -0.1) is 0 Å². The molecule has 0 heterocycles. The van der Waals surface area contributed by atoms with Gasteiger partial charge in [0.15, 0.2) is 0 Å². The van der Waals surface area contributed by atoms with Crippen molar-refractivity contribution < 1.29 is 54.2 Å². The molecule has 0 amide bonds. The van der Waals surface area contributed by atoms with E-state index in [9.17, 15) is 44.7 Å². The standard InChI is InChI=1S/C21H16F8O4/c22-14-8-4-6-12(20(24,25)26)16(14)18(30)32-10-2-1-3-11-33-19(31)17-13(21(27,28)29)7-5-9-15(17)23/h4-9H,1-3,10-11H2. The van der Waals surface area contributed by atoms with E-state index in [4.69, 9.17) is 0 Å². The fraction of sp³-hybridized carbons (Fsp3) is 0.333. The summed E-state index contributed by atoms with van der Waals surface area (Å²) in [6.07, 6.45) is -9.60. The van der Waals surface area contributed by atoms with Crippen molar-refractivity contribution in [2.24, 2.45) is 0 Å². The predicted molar refractivity (Wildman–Crippen MR) is 97.2 cm³/mol. The first-order valence-corrected chi connectivity index (χ1v) is 9.39. The lowest BCUT2D eigenvalue weighted by molar-refractivity contribution is -0.139. The average molecular weight is 484 g/mol. The minimum absolute atomic E-state index is 0.0760. The van der Waals surface area contributed by atoms with Gasteiger partial charge in [-0.1, -0.05) is 12.1 Å². The number of halogens is 8. The first kappa shape index (κ1) is 26.1. The lowest BCUT2D eigenvalue weighted by atomic mass is 10.1. The normalized spacial score (nSPS) is 11.9. The number of carbonyl (C=O) groups is 2. The van der Waals surface area contributed by atoms with Crippen molar-refractivity contribution in [2.45, 2.75) is 31.6 Å². The van der Waals surface area contributed by atoms with E-state index in [0.29, 0.717) is 24.3 Å². The quantitative estimate of drug-likeness (QED) is 0.255. The van der Waals surface area contributed by atoms with Crippen LogP contribution >= 0.6 is 0 Å². The average Bonchev–Trinajstić information content (AvgIpc) is 2.71. The van der Waals surface area contributed by atoms with Gasteiger partial charge in [0, 0.05) is 0 Å². The van der Waals surface area contributed by atoms with Gasteiger partial charge >= 0.3 is 24.3 Å². The molecular weight excluding hydrogens is 468 g/mol. The number of hydrogen-bond acceptors (Lipinski definition) is 4. The highest BCUT2D eigenvalue weighted by atomic mass is 19.4. The van der Waals surface area contributed by atoms with Crippen LogP contribution in [0, 0.1) is 11.6 Å². The summed E-state index contributed by atoms with van der Waals surface area (Å²) in [6.45, 7) is -0.770. The molecule has 180 valence electrons. The Morgan fingerprint density at radius 1 is 0.636 bits per heavy atom. The summed E-state index contributed by atoms with van der Waals surface area (Å²) in [4.78, 5) is 23.7. The van der Waals surface area contributed by atoms with Crippen molar-refractivity contribution in [2.75, 3.05) is 13.2 Å². The Hall–Kier alpha value is -3.18. The van der Waals surface area contributed by atoms with Gasteiger partial charge < -0.3 is 9.47 Å². The fourth-order valence-electron chi connectivity index (χ4n) is 2.79. The molecule has 0 aromatic heterocycles. The Balaban J connectivity index is 1.81. The van der Waals surface area contributed by atoms with Crippen molar-refractivity contribution >= 4 is 11.9 Å². The smallest absolute Gasteiger partial charge is 0.417 e. The number of hydrogen-bond donors (Lipinski definition) is 0. The Labute approximate surface area is 182 Å². The van der Waals surface area contributed by atoms with E-state index in [-0.39, 0.29) is 32.5 Å². The summed E-state index contributed by atoms with van der Waals surface area (Å²) in [5, 5.41) is 0. The number of unbranched alkanes of at least 4 members (excludes halogenated alkanes) is 2. The summed E-state index contributed by atoms with van der Waals surface area (Å²) >= 11 is 0. The van der Waals surface area contributed by atoms with Crippen LogP contribution in [0.5, 0.6) is 0 Å². The van der Waals surface area contributed by atoms with E-state index < -0.39 is 58.2 Å². The van der Waals surface area contributed by atoms with Gasteiger partial charge in [-0.05, 0) is 43.5 Å². The lowest BCUT2D eigenvalue weighted by Crippen LogP contribution is -2.18. The maximum absolute atomic E-state index is 13.7. The number of alkyl halides is 6. The van der Waals surface area contributed by atoms with Crippen LogP contribution in [0.2, 0.25) is 0 Å². The Morgan fingerprint density at radius 3 is 1.33 bits per heavy atom. The highest BCUT2D eigenvalue weighted by Gasteiger charge is 2.38. The molecule has 0 radical (unpaired) electrons. The minimum Gasteiger partial charge on any atom is -0.462 e. The first-order valence-electron chi connectivity index (χ1n) is 9.39. The van der Waals surface area contributed by atoms with Crippen LogP contribution in [0.4, 0.5) is 35.1 Å². The molecule has 0 spiro atoms. The van der Waals surface area contributed by atoms with Gasteiger partial charge in [-0.3, -0.25) is 0 Å². The van der Waals surface area contributed by atoms with Crippen molar-refractivity contribution in [3.63, 3.8) is 0 Å². The molecule has 0 fully saturated rings. The van der Waals surface area contributed by atoms with E-state index in [2.05, 4.69) is 9.47 Å². The number of rotatable bonds is 8. The van der Waals surface area contributed by atoms with Gasteiger partial charge in [0.2, 0.25) is 0 Å². The largest absolute Gasteiger partial charge is 0.462 e. The lowest BCUT2D eigenvalue weighted by Gasteiger charge is -2.13. The first-order chi connectivity index (χ1) is 15.3. The summed E-state index contributed by atoms with van der Waals surface area (Å²) in [7, 11) is 0. The SMILES string of the molecule is O=C(OCCCCCOC(=O)c1c(F)cccc1C(F)(F)F)c1c(F)cccc1C(F)(F)F. The van der Waals surface area contributed by atoms with Crippen LogP contribution in [-0.4, -0.2) is 25.2 Å². The second kappa shape index (κ2) is 10.6. The van der Waals surface area contributed by atoms with Gasteiger partial charge in [-0.25, -0.2) is 18.4 Å². The third-order valence-corrected chi connectivity index (χ3v) is 4.30. The minimum atomic E-state index is -4.97. The van der Waals surface area contributed by atoms with Gasteiger partial charge in [0.05, 0.1) is 24.3 Å². The highest BCUT2D eigenvalue weighted by Crippen LogP contribution is 2.34. The Bertz CT molecular complexity index is 919. The molecule has 2 aromatic carbocycles. The molecule has 0 saturated carbocycles. The number of esters is 2. The van der Waals surface area contributed by atoms with Crippen LogP contribution in [0.15, 0.2) is 36.4 Å². The Morgan fingerprint density at radius 2 is 1.00 bits per heavy atom. The zero-order chi connectivity index (χ0) is 24.8. The van der Waals surface area contributed by atoms with Gasteiger partial charge in [0.1, 0.15) is 22.8 Å². The molecule has 2 rings (SSSR count). The van der Waals surface area contributed by atoms with Gasteiger partial charge in [-0.2, -0.15) is 26.3 Å². The molecule has 2 aromatic rings. The fourth-order valence-corrected chi connectivity index (χ4v) is 2.79. The molecule has 0 N–H and O–H groups in total. The van der Waals surface area contributed by atoms with E-state index in [1.165, 1.54) is 0 Å². The third-order valence-electron chi connectivity index (χ3n) is 4.30. The second-order valence-corrected chi connectivity index (χ2v) is 6.65. The molecule has 0 aliphatic carbocycles. The number of carbonyl (C=O) groups excluding carboxylic acids is 2. The van der Waals surface area contributed by atoms with Crippen molar-refractivity contribution in [3.05, 3.63) is 70.3 Å². The molecular formula is C21H16F8O4. The number of ether oxygens (including phenoxy) is 2. The molecule has 33 heavy (non-hydrogen) atoms. The van der Waals surface area contributed by atoms with E-state index >= 15 is 0 Å². The monoisotopic (exact) mass is 484 g/mol. The molecule has 4 nitrogen and oxygen atoms in total. The van der Waals surface area contributed by atoms with E-state index in [1.807, 2.05) is 0 Å². The Kier molecular flexibility index (Phi) is 8.39. The topological polar surface area (TPSA) is 52.6 Å². The molecule has 0 unspecified atom stereocenters. The van der Waals surface area contributed by atoms with Gasteiger partial charge in [0.25, 0.3) is 0 Å². The van der Waals surface area contributed by atoms with Crippen molar-refractivity contribution in [1.29, 1.82) is 0 Å². The maximum Gasteiger partial charge on any atom is 0.417 e. The predicted octanol–water partition coefficient (Wildman–Crippen LogP) is 6.19. The zero-order valence-corrected chi connectivity index (χ0v) is 16.7. The molecule has 0 atom stereocenters. The van der Waals surface area contributed by atoms with Crippen LogP contribution in [0.3, 0.4) is 0 Å². The molecule has 12 heteroatoms. The summed E-state index contributed by atoms with van der Waals surface area (Å²) in [6, 6.07) is 4.03. The number of benzene rings is 2. The van der Waals surface area contributed by atoms with Crippen LogP contribution in [-0.2, 0) is 21.8 Å². The third kappa shape index (κ3) is 6.90. The molecule has 0 saturated heterocycles. The summed E-state index contributed by atoms with van der Waals surface area (Å²) in [5.74, 6) is -5.81. The summed E-state index contributed by atoms with van der Waals surface area (Å²) < 4.78 is 114. The molecule has 0 aliphatic heterocycles. The van der Waals surface area contributed by atoms with E-state index in [1.54, 1.807) is 0 Å². The van der Waals surface area contributed by atoms with Crippen molar-refractivity contribution in [1.82, 2.24) is 0 Å². The maximum atomic E-state index is 13.7. The second-order valence-electron chi connectivity index (χ2n) is 6.65. The highest BCUT2D eigenvalue weighted by molar-refractivity contribution is 5.92. The van der Waals surface area contributed by atoms with Crippen LogP contribution in [0.25, 0.3) is 0 Å². The molecule has 0 aliphatic rings. The van der Waals surface area contributed by atoms with Crippen LogP contribution in [0.1, 0.15) is 51.1 Å². The van der Waals surface area contributed by atoms with E-state index in [0.717, 1.165) is 12.1 Å². The zero-order valence-electron chi connectivity index (χ0n) is 16.7.